The number of nitrogens with zero attached hydrogens (tertiary/aromatic N) is 1. The minimum Gasteiger partial charge on any atom is -0.380 e. The lowest BCUT2D eigenvalue weighted by atomic mass is 10.1. The Hall–Kier alpha value is -1.46. The number of anilines is 1. The van der Waals surface area contributed by atoms with Gasteiger partial charge in [-0.1, -0.05) is 6.07 Å². The number of carbonyl (C=O) groups is 1. The molecule has 1 aromatic rings. The second kappa shape index (κ2) is 6.81. The number of carbonyl (C=O) groups excluding carboxylic acids is 1. The molecule has 0 unspecified atom stereocenters. The van der Waals surface area contributed by atoms with Crippen LogP contribution in [0.4, 0.5) is 10.1 Å². The van der Waals surface area contributed by atoms with Crippen LogP contribution in [0.3, 0.4) is 0 Å². The van der Waals surface area contributed by atoms with Gasteiger partial charge in [0.1, 0.15) is 5.82 Å². The van der Waals surface area contributed by atoms with Crippen LogP contribution < -0.4 is 5.32 Å². The number of halogens is 1. The van der Waals surface area contributed by atoms with E-state index in [1.807, 2.05) is 11.8 Å². The molecule has 0 aromatic heterocycles. The first-order valence-corrected chi connectivity index (χ1v) is 6.89. The summed E-state index contributed by atoms with van der Waals surface area (Å²) in [4.78, 5) is 14.0. The molecule has 2 rings (SSSR count). The standard InChI is InChI=1S/C15H21FN2O2/c1-11-5-6-13(16)14(8-11)17-15(19)10-18-7-3-4-12(9-18)20-2/h5-6,8,12H,3-4,7,9-10H2,1-2H3,(H,17,19)/t12-/m1/s1. The number of hydrogen-bond donors (Lipinski definition) is 1. The highest BCUT2D eigenvalue weighted by Gasteiger charge is 2.21. The van der Waals surface area contributed by atoms with Crippen LogP contribution in [0.1, 0.15) is 18.4 Å². The Kier molecular flexibility index (Phi) is 5.09. The van der Waals surface area contributed by atoms with E-state index in [0.29, 0.717) is 0 Å². The zero-order valence-electron chi connectivity index (χ0n) is 12.0. The van der Waals surface area contributed by atoms with Crippen molar-refractivity contribution in [1.82, 2.24) is 4.90 Å². The number of ether oxygens (including phenoxy) is 1. The lowest BCUT2D eigenvalue weighted by Gasteiger charge is -2.31. The van der Waals surface area contributed by atoms with Crippen LogP contribution >= 0.6 is 0 Å². The monoisotopic (exact) mass is 280 g/mol. The van der Waals surface area contributed by atoms with Gasteiger partial charge < -0.3 is 10.1 Å². The van der Waals surface area contributed by atoms with E-state index in [4.69, 9.17) is 4.74 Å². The van der Waals surface area contributed by atoms with Gasteiger partial charge >= 0.3 is 0 Å². The number of rotatable bonds is 4. The molecule has 20 heavy (non-hydrogen) atoms. The van der Waals surface area contributed by atoms with E-state index in [-0.39, 0.29) is 24.2 Å². The van der Waals surface area contributed by atoms with Gasteiger partial charge in [-0.15, -0.1) is 0 Å². The van der Waals surface area contributed by atoms with Crippen molar-refractivity contribution in [3.8, 4) is 0 Å². The number of nitrogens with one attached hydrogen (secondary N) is 1. The fourth-order valence-corrected chi connectivity index (χ4v) is 2.48. The van der Waals surface area contributed by atoms with Crippen LogP contribution in [-0.2, 0) is 9.53 Å². The normalized spacial score (nSPS) is 19.9. The Morgan fingerprint density at radius 2 is 2.35 bits per heavy atom. The van der Waals surface area contributed by atoms with Gasteiger partial charge in [-0.2, -0.15) is 0 Å². The second-order valence-electron chi connectivity index (χ2n) is 5.27. The summed E-state index contributed by atoms with van der Waals surface area (Å²) in [6.07, 6.45) is 2.23. The topological polar surface area (TPSA) is 41.6 Å². The highest BCUT2D eigenvalue weighted by atomic mass is 19.1. The summed E-state index contributed by atoms with van der Waals surface area (Å²) in [5.41, 5.74) is 1.16. The van der Waals surface area contributed by atoms with Crippen molar-refractivity contribution >= 4 is 11.6 Å². The number of likely N-dealkylation sites (tertiary alicyclic amines) is 1. The van der Waals surface area contributed by atoms with Gasteiger partial charge in [0.2, 0.25) is 5.91 Å². The lowest BCUT2D eigenvalue weighted by molar-refractivity contribution is -0.118. The SMILES string of the molecule is CO[C@@H]1CCCN(CC(=O)Nc2cc(C)ccc2F)C1. The maximum absolute atomic E-state index is 13.6. The van der Waals surface area contributed by atoms with E-state index in [9.17, 15) is 9.18 Å². The first-order valence-electron chi connectivity index (χ1n) is 6.89. The van der Waals surface area contributed by atoms with E-state index in [1.165, 1.54) is 6.07 Å². The molecule has 0 spiro atoms. The summed E-state index contributed by atoms with van der Waals surface area (Å²) in [6.45, 7) is 3.76. The maximum Gasteiger partial charge on any atom is 0.238 e. The largest absolute Gasteiger partial charge is 0.380 e. The quantitative estimate of drug-likeness (QED) is 0.919. The van der Waals surface area contributed by atoms with Crippen molar-refractivity contribution in [1.29, 1.82) is 0 Å². The van der Waals surface area contributed by atoms with E-state index in [1.54, 1.807) is 19.2 Å². The summed E-state index contributed by atoms with van der Waals surface area (Å²) in [5.74, 6) is -0.594. The molecule has 1 aromatic carbocycles. The molecule has 0 bridgehead atoms. The second-order valence-corrected chi connectivity index (χ2v) is 5.27. The van der Waals surface area contributed by atoms with Gasteiger partial charge in [0.05, 0.1) is 18.3 Å². The van der Waals surface area contributed by atoms with E-state index in [0.717, 1.165) is 31.5 Å². The zero-order valence-corrected chi connectivity index (χ0v) is 12.0. The van der Waals surface area contributed by atoms with Crippen molar-refractivity contribution in [2.24, 2.45) is 0 Å². The summed E-state index contributed by atoms with van der Waals surface area (Å²) < 4.78 is 18.9. The van der Waals surface area contributed by atoms with Crippen molar-refractivity contribution < 1.29 is 13.9 Å². The first-order chi connectivity index (χ1) is 9.58. The molecule has 1 fully saturated rings. The van der Waals surface area contributed by atoms with Crippen LogP contribution in [0, 0.1) is 12.7 Å². The molecule has 1 saturated heterocycles. The molecule has 4 nitrogen and oxygen atoms in total. The van der Waals surface area contributed by atoms with Gasteiger partial charge in [0, 0.05) is 13.7 Å². The van der Waals surface area contributed by atoms with Crippen molar-refractivity contribution in [2.75, 3.05) is 32.1 Å². The average molecular weight is 280 g/mol. The summed E-state index contributed by atoms with van der Waals surface area (Å²) in [6, 6.07) is 4.69. The molecule has 5 heteroatoms. The number of methoxy groups -OCH3 is 1. The van der Waals surface area contributed by atoms with Crippen LogP contribution in [0.2, 0.25) is 0 Å². The minimum atomic E-state index is -0.405. The fourth-order valence-electron chi connectivity index (χ4n) is 2.48. The Balaban J connectivity index is 1.90. The van der Waals surface area contributed by atoms with Gasteiger partial charge in [-0.25, -0.2) is 4.39 Å². The third kappa shape index (κ3) is 4.02. The Bertz CT molecular complexity index is 479. The third-order valence-electron chi connectivity index (χ3n) is 3.56. The summed E-state index contributed by atoms with van der Waals surface area (Å²) >= 11 is 0. The Labute approximate surface area is 118 Å². The number of aryl methyl sites for hydroxylation is 1. The molecule has 0 aliphatic carbocycles. The molecule has 1 heterocycles. The number of hydrogen-bond acceptors (Lipinski definition) is 3. The average Bonchev–Trinajstić information content (AvgIpc) is 2.43. The molecule has 1 aliphatic rings. The third-order valence-corrected chi connectivity index (χ3v) is 3.56. The first kappa shape index (κ1) is 14.9. The van der Waals surface area contributed by atoms with Crippen LogP contribution in [-0.4, -0.2) is 43.7 Å². The van der Waals surface area contributed by atoms with Crippen LogP contribution in [0.25, 0.3) is 0 Å². The van der Waals surface area contributed by atoms with E-state index < -0.39 is 5.82 Å². The predicted octanol–water partition coefficient (Wildman–Crippen LogP) is 2.18. The Morgan fingerprint density at radius 3 is 3.10 bits per heavy atom. The Morgan fingerprint density at radius 1 is 1.55 bits per heavy atom. The van der Waals surface area contributed by atoms with Gasteiger partial charge in [-0.05, 0) is 44.0 Å². The lowest BCUT2D eigenvalue weighted by Crippen LogP contribution is -2.43. The highest BCUT2D eigenvalue weighted by Crippen LogP contribution is 2.16. The number of amides is 1. The molecule has 110 valence electrons. The molecule has 1 N–H and O–H groups in total. The minimum absolute atomic E-state index is 0.187. The van der Waals surface area contributed by atoms with Crippen molar-refractivity contribution in [3.05, 3.63) is 29.6 Å². The van der Waals surface area contributed by atoms with E-state index in [2.05, 4.69) is 5.32 Å². The highest BCUT2D eigenvalue weighted by molar-refractivity contribution is 5.92. The van der Waals surface area contributed by atoms with Gasteiger partial charge in [0.25, 0.3) is 0 Å². The zero-order chi connectivity index (χ0) is 14.5. The van der Waals surface area contributed by atoms with Gasteiger partial charge in [0.15, 0.2) is 0 Å². The van der Waals surface area contributed by atoms with Gasteiger partial charge in [-0.3, -0.25) is 9.69 Å². The van der Waals surface area contributed by atoms with E-state index >= 15 is 0 Å². The molecule has 1 aliphatic heterocycles. The number of piperidine rings is 1. The smallest absolute Gasteiger partial charge is 0.238 e. The molecular weight excluding hydrogens is 259 g/mol. The molecule has 1 amide bonds. The molecule has 0 radical (unpaired) electrons. The number of benzene rings is 1. The van der Waals surface area contributed by atoms with Crippen molar-refractivity contribution in [2.45, 2.75) is 25.9 Å². The fraction of sp³-hybridized carbons (Fsp3) is 0.533. The maximum atomic E-state index is 13.6. The molecule has 0 saturated carbocycles. The summed E-state index contributed by atoms with van der Waals surface area (Å²) in [7, 11) is 1.69. The van der Waals surface area contributed by atoms with Crippen molar-refractivity contribution in [3.63, 3.8) is 0 Å². The molecule has 1 atom stereocenters. The van der Waals surface area contributed by atoms with Crippen LogP contribution in [0.15, 0.2) is 18.2 Å². The summed E-state index contributed by atoms with van der Waals surface area (Å²) in [5, 5.41) is 2.63. The van der Waals surface area contributed by atoms with Crippen LogP contribution in [0.5, 0.6) is 0 Å². The molecular formula is C15H21FN2O2. The predicted molar refractivity (Wildman–Crippen MR) is 76.2 cm³/mol.